The van der Waals surface area contributed by atoms with Crippen LogP contribution < -0.4 is 0 Å². The van der Waals surface area contributed by atoms with E-state index in [2.05, 4.69) is 10.3 Å². The SMILES string of the molecule is CC(C)c1c(C=O)nnn1-c1ccc(F)c(Cl)c1. The van der Waals surface area contributed by atoms with E-state index < -0.39 is 5.82 Å². The zero-order valence-electron chi connectivity index (χ0n) is 9.89. The predicted octanol–water partition coefficient (Wildman–Crippen LogP) is 3.00. The van der Waals surface area contributed by atoms with E-state index in [1.165, 1.54) is 22.9 Å². The van der Waals surface area contributed by atoms with Crippen molar-refractivity contribution in [2.45, 2.75) is 19.8 Å². The minimum absolute atomic E-state index is 0.00496. The van der Waals surface area contributed by atoms with Gasteiger partial charge in [-0.2, -0.15) is 0 Å². The van der Waals surface area contributed by atoms with Crippen molar-refractivity contribution < 1.29 is 9.18 Å². The Morgan fingerprint density at radius 2 is 2.17 bits per heavy atom. The van der Waals surface area contributed by atoms with Gasteiger partial charge in [0.2, 0.25) is 0 Å². The molecule has 0 N–H and O–H groups in total. The molecule has 0 aliphatic carbocycles. The smallest absolute Gasteiger partial charge is 0.172 e. The van der Waals surface area contributed by atoms with Gasteiger partial charge in [0, 0.05) is 0 Å². The summed E-state index contributed by atoms with van der Waals surface area (Å²) < 4.78 is 14.6. The molecule has 18 heavy (non-hydrogen) atoms. The number of carbonyl (C=O) groups is 1. The maximum atomic E-state index is 13.1. The molecule has 0 bridgehead atoms. The zero-order valence-corrected chi connectivity index (χ0v) is 10.6. The molecule has 2 aromatic rings. The molecule has 1 heterocycles. The van der Waals surface area contributed by atoms with E-state index in [-0.39, 0.29) is 16.6 Å². The van der Waals surface area contributed by atoms with E-state index in [0.717, 1.165) is 0 Å². The molecule has 0 aliphatic rings. The van der Waals surface area contributed by atoms with Gasteiger partial charge in [0.05, 0.1) is 16.4 Å². The minimum Gasteiger partial charge on any atom is -0.296 e. The van der Waals surface area contributed by atoms with Crippen molar-refractivity contribution in [1.82, 2.24) is 15.0 Å². The highest BCUT2D eigenvalue weighted by molar-refractivity contribution is 6.30. The average Bonchev–Trinajstić information content (AvgIpc) is 2.76. The lowest BCUT2D eigenvalue weighted by molar-refractivity contribution is 0.111. The highest BCUT2D eigenvalue weighted by Gasteiger charge is 2.17. The third-order valence-electron chi connectivity index (χ3n) is 2.54. The van der Waals surface area contributed by atoms with E-state index in [4.69, 9.17) is 11.6 Å². The molecule has 0 saturated heterocycles. The molecular weight excluding hydrogens is 257 g/mol. The van der Waals surface area contributed by atoms with Crippen LogP contribution in [-0.4, -0.2) is 21.3 Å². The van der Waals surface area contributed by atoms with Crippen molar-refractivity contribution in [3.63, 3.8) is 0 Å². The summed E-state index contributed by atoms with van der Waals surface area (Å²) in [6.07, 6.45) is 0.657. The summed E-state index contributed by atoms with van der Waals surface area (Å²) in [4.78, 5) is 10.9. The summed E-state index contributed by atoms with van der Waals surface area (Å²) in [5.41, 5.74) is 1.53. The summed E-state index contributed by atoms with van der Waals surface area (Å²) in [6.45, 7) is 3.85. The van der Waals surface area contributed by atoms with Crippen molar-refractivity contribution in [3.8, 4) is 5.69 Å². The van der Waals surface area contributed by atoms with Crippen LogP contribution in [0.2, 0.25) is 5.02 Å². The van der Waals surface area contributed by atoms with Crippen molar-refractivity contribution in [1.29, 1.82) is 0 Å². The Labute approximate surface area is 108 Å². The lowest BCUT2D eigenvalue weighted by Gasteiger charge is -2.09. The van der Waals surface area contributed by atoms with Crippen molar-refractivity contribution in [2.75, 3.05) is 0 Å². The third-order valence-corrected chi connectivity index (χ3v) is 2.83. The van der Waals surface area contributed by atoms with Gasteiger partial charge >= 0.3 is 0 Å². The normalized spacial score (nSPS) is 10.9. The Morgan fingerprint density at radius 3 is 2.72 bits per heavy atom. The van der Waals surface area contributed by atoms with Crippen LogP contribution in [0.4, 0.5) is 4.39 Å². The van der Waals surface area contributed by atoms with E-state index >= 15 is 0 Å². The number of benzene rings is 1. The first-order chi connectivity index (χ1) is 8.54. The summed E-state index contributed by atoms with van der Waals surface area (Å²) in [7, 11) is 0. The molecule has 0 atom stereocenters. The number of hydrogen-bond acceptors (Lipinski definition) is 3. The molecule has 6 heteroatoms. The fourth-order valence-corrected chi connectivity index (χ4v) is 1.91. The highest BCUT2D eigenvalue weighted by Crippen LogP contribution is 2.23. The van der Waals surface area contributed by atoms with Crippen LogP contribution in [-0.2, 0) is 0 Å². The first kappa shape index (κ1) is 12.7. The minimum atomic E-state index is -0.498. The number of carbonyl (C=O) groups excluding carboxylic acids is 1. The van der Waals surface area contributed by atoms with Crippen LogP contribution in [0, 0.1) is 5.82 Å². The topological polar surface area (TPSA) is 47.8 Å². The van der Waals surface area contributed by atoms with Crippen molar-refractivity contribution in [2.24, 2.45) is 0 Å². The van der Waals surface area contributed by atoms with Gasteiger partial charge in [0.1, 0.15) is 11.5 Å². The quantitative estimate of drug-likeness (QED) is 0.803. The van der Waals surface area contributed by atoms with E-state index in [9.17, 15) is 9.18 Å². The van der Waals surface area contributed by atoms with Gasteiger partial charge in [-0.3, -0.25) is 4.79 Å². The summed E-state index contributed by atoms with van der Waals surface area (Å²) in [5, 5.41) is 7.70. The molecule has 1 aromatic heterocycles. The first-order valence-electron chi connectivity index (χ1n) is 5.40. The van der Waals surface area contributed by atoms with Crippen LogP contribution in [0.1, 0.15) is 35.9 Å². The molecular formula is C12H11ClFN3O. The summed E-state index contributed by atoms with van der Waals surface area (Å²) in [6, 6.07) is 4.24. The Morgan fingerprint density at radius 1 is 1.44 bits per heavy atom. The molecule has 0 saturated carbocycles. The standard InChI is InChI=1S/C12H11ClFN3O/c1-7(2)12-11(6-18)15-16-17(12)8-3-4-10(14)9(13)5-8/h3-7H,1-2H3. The van der Waals surface area contributed by atoms with Crippen LogP contribution in [0.3, 0.4) is 0 Å². The largest absolute Gasteiger partial charge is 0.296 e. The Kier molecular flexibility index (Phi) is 3.43. The number of nitrogens with zero attached hydrogens (tertiary/aromatic N) is 3. The number of rotatable bonds is 3. The number of hydrogen-bond donors (Lipinski definition) is 0. The van der Waals surface area contributed by atoms with Gasteiger partial charge in [-0.15, -0.1) is 5.10 Å². The van der Waals surface area contributed by atoms with Gasteiger partial charge in [0.15, 0.2) is 6.29 Å². The van der Waals surface area contributed by atoms with Crippen molar-refractivity contribution >= 4 is 17.9 Å². The van der Waals surface area contributed by atoms with E-state index in [1.807, 2.05) is 13.8 Å². The molecule has 0 fully saturated rings. The van der Waals surface area contributed by atoms with Gasteiger partial charge < -0.3 is 0 Å². The number of halogens is 2. The van der Waals surface area contributed by atoms with Gasteiger partial charge in [-0.05, 0) is 24.1 Å². The maximum Gasteiger partial charge on any atom is 0.172 e. The monoisotopic (exact) mass is 267 g/mol. The van der Waals surface area contributed by atoms with E-state index in [0.29, 0.717) is 17.7 Å². The zero-order chi connectivity index (χ0) is 13.3. The molecule has 94 valence electrons. The van der Waals surface area contributed by atoms with Crippen LogP contribution in [0.25, 0.3) is 5.69 Å². The second-order valence-corrected chi connectivity index (χ2v) is 4.55. The second-order valence-electron chi connectivity index (χ2n) is 4.14. The Bertz CT molecular complexity index is 595. The molecule has 1 aromatic carbocycles. The number of aldehydes is 1. The lowest BCUT2D eigenvalue weighted by atomic mass is 10.1. The van der Waals surface area contributed by atoms with Gasteiger partial charge in [-0.25, -0.2) is 9.07 Å². The predicted molar refractivity (Wildman–Crippen MR) is 65.8 cm³/mol. The molecule has 0 unspecified atom stereocenters. The lowest BCUT2D eigenvalue weighted by Crippen LogP contribution is -2.05. The van der Waals surface area contributed by atoms with Crippen molar-refractivity contribution in [3.05, 3.63) is 40.4 Å². The van der Waals surface area contributed by atoms with Crippen LogP contribution >= 0.6 is 11.6 Å². The first-order valence-corrected chi connectivity index (χ1v) is 5.78. The Hall–Kier alpha value is -1.75. The van der Waals surface area contributed by atoms with Gasteiger partial charge in [-0.1, -0.05) is 30.7 Å². The molecule has 0 amide bonds. The molecule has 2 rings (SSSR count). The fourth-order valence-electron chi connectivity index (χ4n) is 1.73. The number of aromatic nitrogens is 3. The van der Waals surface area contributed by atoms with E-state index in [1.54, 1.807) is 0 Å². The average molecular weight is 268 g/mol. The summed E-state index contributed by atoms with van der Waals surface area (Å²) in [5.74, 6) is -0.439. The van der Waals surface area contributed by atoms with Gasteiger partial charge in [0.25, 0.3) is 0 Å². The fraction of sp³-hybridized carbons (Fsp3) is 0.250. The molecule has 0 aliphatic heterocycles. The van der Waals surface area contributed by atoms with Crippen LogP contribution in [0.15, 0.2) is 18.2 Å². The molecule has 4 nitrogen and oxygen atoms in total. The molecule has 0 spiro atoms. The second kappa shape index (κ2) is 4.86. The highest BCUT2D eigenvalue weighted by atomic mass is 35.5. The van der Waals surface area contributed by atoms with Crippen LogP contribution in [0.5, 0.6) is 0 Å². The maximum absolute atomic E-state index is 13.1. The Balaban J connectivity index is 2.60. The molecule has 0 radical (unpaired) electrons. The summed E-state index contributed by atoms with van der Waals surface area (Å²) >= 11 is 5.73. The third kappa shape index (κ3) is 2.13.